The van der Waals surface area contributed by atoms with E-state index >= 15 is 0 Å². The Morgan fingerprint density at radius 1 is 1.27 bits per heavy atom. The highest BCUT2D eigenvalue weighted by Gasteiger charge is 2.22. The fraction of sp³-hybridized carbons (Fsp3) is 0.364. The first-order chi connectivity index (χ1) is 15.8. The minimum absolute atomic E-state index is 0.0608. The maximum atomic E-state index is 13.1. The second-order valence-corrected chi connectivity index (χ2v) is 7.05. The second-order valence-electron chi connectivity index (χ2n) is 7.05. The van der Waals surface area contributed by atoms with Crippen molar-refractivity contribution in [1.82, 2.24) is 25.1 Å². The van der Waals surface area contributed by atoms with Crippen LogP contribution in [0.15, 0.2) is 41.4 Å². The topological polar surface area (TPSA) is 146 Å². The number of aryl methyl sites for hydroxylation is 1. The Balaban J connectivity index is 2.36. The van der Waals surface area contributed by atoms with Crippen LogP contribution in [0.25, 0.3) is 0 Å². The molecule has 0 saturated heterocycles. The van der Waals surface area contributed by atoms with Crippen molar-refractivity contribution in [1.29, 1.82) is 0 Å². The highest BCUT2D eigenvalue weighted by atomic mass is 16.3. The lowest BCUT2D eigenvalue weighted by Crippen LogP contribution is -2.24. The molecule has 0 radical (unpaired) electrons. The van der Waals surface area contributed by atoms with Crippen LogP contribution < -0.4 is 16.0 Å². The van der Waals surface area contributed by atoms with Crippen LogP contribution in [0.5, 0.6) is 0 Å². The van der Waals surface area contributed by atoms with Crippen molar-refractivity contribution >= 4 is 29.5 Å². The predicted octanol–water partition coefficient (Wildman–Crippen LogP) is 2.58. The first-order valence-electron chi connectivity index (χ1n) is 10.5. The lowest BCUT2D eigenvalue weighted by molar-refractivity contribution is 0.0954. The van der Waals surface area contributed by atoms with Gasteiger partial charge in [-0.1, -0.05) is 25.5 Å². The molecular formula is C22H30N8O3. The smallest absolute Gasteiger partial charge is 0.278 e. The van der Waals surface area contributed by atoms with Gasteiger partial charge in [0, 0.05) is 26.5 Å². The fourth-order valence-electron chi connectivity index (χ4n) is 2.69. The average Bonchev–Trinajstić information content (AvgIpc) is 3.17. The summed E-state index contributed by atoms with van der Waals surface area (Å²) in [5.74, 6) is -0.865. The third-order valence-electron chi connectivity index (χ3n) is 4.50. The van der Waals surface area contributed by atoms with Gasteiger partial charge in [0.1, 0.15) is 5.69 Å². The standard InChI is InChI=1S/C22H30N8O3/c1-6-8-9-10-24-11-15(7-2)27-20-18(28-16(12-25-20)14(3)31)21(32)29-17-13-26-30(5)19(17)22(33)23-4/h7,9-14,31H,6,8H2,1-5H3,(H,23,33)(H,25,27)(H,29,32)/b10-9+,15-7+,24-11+. The van der Waals surface area contributed by atoms with Crippen molar-refractivity contribution < 1.29 is 14.7 Å². The van der Waals surface area contributed by atoms with Crippen molar-refractivity contribution in [2.24, 2.45) is 12.0 Å². The van der Waals surface area contributed by atoms with Gasteiger partial charge >= 0.3 is 0 Å². The van der Waals surface area contributed by atoms with Crippen molar-refractivity contribution in [3.05, 3.63) is 53.5 Å². The predicted molar refractivity (Wildman–Crippen MR) is 127 cm³/mol. The van der Waals surface area contributed by atoms with Crippen LogP contribution in [0.1, 0.15) is 66.4 Å². The summed E-state index contributed by atoms with van der Waals surface area (Å²) in [6.45, 7) is 5.42. The zero-order chi connectivity index (χ0) is 24.4. The summed E-state index contributed by atoms with van der Waals surface area (Å²) in [6.07, 6.45) is 10.8. The van der Waals surface area contributed by atoms with Crippen LogP contribution in [0, 0.1) is 0 Å². The number of amides is 2. The molecule has 0 bridgehead atoms. The molecule has 33 heavy (non-hydrogen) atoms. The summed E-state index contributed by atoms with van der Waals surface area (Å²) in [5.41, 5.74) is 1.15. The van der Waals surface area contributed by atoms with Gasteiger partial charge in [-0.3, -0.25) is 19.3 Å². The third kappa shape index (κ3) is 6.81. The molecule has 0 aliphatic carbocycles. The van der Waals surface area contributed by atoms with E-state index in [9.17, 15) is 14.7 Å². The van der Waals surface area contributed by atoms with Gasteiger partial charge in [-0.25, -0.2) is 9.97 Å². The molecule has 0 aromatic carbocycles. The molecule has 2 aromatic rings. The summed E-state index contributed by atoms with van der Waals surface area (Å²) in [7, 11) is 3.08. The molecule has 1 unspecified atom stereocenters. The number of nitrogens with one attached hydrogen (secondary N) is 3. The van der Waals surface area contributed by atoms with Gasteiger partial charge in [-0.15, -0.1) is 0 Å². The number of aromatic nitrogens is 4. The summed E-state index contributed by atoms with van der Waals surface area (Å²) >= 11 is 0. The highest BCUT2D eigenvalue weighted by molar-refractivity contribution is 6.09. The van der Waals surface area contributed by atoms with Gasteiger partial charge in [0.05, 0.1) is 35.6 Å². The van der Waals surface area contributed by atoms with Gasteiger partial charge in [0.2, 0.25) is 0 Å². The van der Waals surface area contributed by atoms with E-state index in [1.54, 1.807) is 25.5 Å². The molecule has 0 fully saturated rings. The number of rotatable bonds is 10. The Kier molecular flexibility index (Phi) is 9.43. The Hall–Kier alpha value is -3.86. The van der Waals surface area contributed by atoms with Gasteiger partial charge in [-0.2, -0.15) is 5.10 Å². The van der Waals surface area contributed by atoms with E-state index in [1.165, 1.54) is 31.0 Å². The van der Waals surface area contributed by atoms with Crippen LogP contribution >= 0.6 is 0 Å². The largest absolute Gasteiger partial charge is 0.387 e. The zero-order valence-electron chi connectivity index (χ0n) is 19.5. The lowest BCUT2D eigenvalue weighted by atomic mass is 10.2. The molecule has 0 aliphatic heterocycles. The molecule has 11 heteroatoms. The SMILES string of the molecule is C\C=C(/C=N/C=C/CCC)Nc1ncc(C(C)O)nc1C(=O)Nc1cnn(C)c1C(=O)NC. The first kappa shape index (κ1) is 25.4. The summed E-state index contributed by atoms with van der Waals surface area (Å²) in [5, 5.41) is 22.2. The maximum absolute atomic E-state index is 13.1. The van der Waals surface area contributed by atoms with E-state index < -0.39 is 17.9 Å². The number of anilines is 2. The van der Waals surface area contributed by atoms with E-state index in [-0.39, 0.29) is 28.6 Å². The second kappa shape index (κ2) is 12.2. The number of hydrogen-bond donors (Lipinski definition) is 4. The van der Waals surface area contributed by atoms with Gasteiger partial charge in [0.15, 0.2) is 11.5 Å². The minimum Gasteiger partial charge on any atom is -0.387 e. The summed E-state index contributed by atoms with van der Waals surface area (Å²) in [6, 6.07) is 0. The van der Waals surface area contributed by atoms with E-state index in [2.05, 4.69) is 42.9 Å². The van der Waals surface area contributed by atoms with E-state index in [4.69, 9.17) is 0 Å². The molecule has 2 aromatic heterocycles. The van der Waals surface area contributed by atoms with Crippen LogP contribution in [0.4, 0.5) is 11.5 Å². The van der Waals surface area contributed by atoms with Crippen molar-refractivity contribution in [2.45, 2.75) is 39.7 Å². The van der Waals surface area contributed by atoms with E-state index in [0.717, 1.165) is 12.8 Å². The minimum atomic E-state index is -0.927. The van der Waals surface area contributed by atoms with E-state index in [0.29, 0.717) is 5.70 Å². The van der Waals surface area contributed by atoms with Crippen LogP contribution in [-0.4, -0.2) is 49.9 Å². The Labute approximate surface area is 192 Å². The Bertz CT molecular complexity index is 1070. The molecule has 176 valence electrons. The molecule has 0 spiro atoms. The number of aliphatic hydroxyl groups excluding tert-OH is 1. The number of carbonyl (C=O) groups is 2. The third-order valence-corrected chi connectivity index (χ3v) is 4.50. The highest BCUT2D eigenvalue weighted by Crippen LogP contribution is 2.20. The zero-order valence-corrected chi connectivity index (χ0v) is 19.5. The van der Waals surface area contributed by atoms with Crippen LogP contribution in [0.2, 0.25) is 0 Å². The average molecular weight is 455 g/mol. The van der Waals surface area contributed by atoms with E-state index in [1.807, 2.05) is 13.0 Å². The number of aliphatic imine (C=N–C) groups is 1. The molecule has 4 N–H and O–H groups in total. The van der Waals surface area contributed by atoms with Gasteiger partial charge < -0.3 is 21.1 Å². The normalized spacial score (nSPS) is 12.8. The number of hydrogen-bond acceptors (Lipinski definition) is 8. The number of unbranched alkanes of at least 4 members (excludes halogenated alkanes) is 1. The number of allylic oxidation sites excluding steroid dienone is 3. The molecule has 2 heterocycles. The quantitative estimate of drug-likeness (QED) is 0.404. The summed E-state index contributed by atoms with van der Waals surface area (Å²) < 4.78 is 1.35. The molecule has 0 aliphatic rings. The van der Waals surface area contributed by atoms with Gasteiger partial charge in [0.25, 0.3) is 11.8 Å². The van der Waals surface area contributed by atoms with Crippen molar-refractivity contribution in [3.63, 3.8) is 0 Å². The van der Waals surface area contributed by atoms with Crippen LogP contribution in [-0.2, 0) is 7.05 Å². The van der Waals surface area contributed by atoms with Crippen LogP contribution in [0.3, 0.4) is 0 Å². The number of carbonyl (C=O) groups excluding carboxylic acids is 2. The first-order valence-corrected chi connectivity index (χ1v) is 10.5. The molecule has 1 atom stereocenters. The number of nitrogens with zero attached hydrogens (tertiary/aromatic N) is 5. The van der Waals surface area contributed by atoms with Gasteiger partial charge in [-0.05, 0) is 20.3 Å². The summed E-state index contributed by atoms with van der Waals surface area (Å²) in [4.78, 5) is 38.1. The number of aliphatic hydroxyl groups is 1. The monoisotopic (exact) mass is 454 g/mol. The molecular weight excluding hydrogens is 424 g/mol. The Morgan fingerprint density at radius 2 is 2.03 bits per heavy atom. The molecule has 2 rings (SSSR count). The lowest BCUT2D eigenvalue weighted by Gasteiger charge is -2.13. The maximum Gasteiger partial charge on any atom is 0.278 e. The van der Waals surface area contributed by atoms with Crippen molar-refractivity contribution in [2.75, 3.05) is 17.7 Å². The molecule has 11 nitrogen and oxygen atoms in total. The Morgan fingerprint density at radius 3 is 2.67 bits per heavy atom. The fourth-order valence-corrected chi connectivity index (χ4v) is 2.69. The van der Waals surface area contributed by atoms with Crippen molar-refractivity contribution in [3.8, 4) is 0 Å². The molecule has 2 amide bonds. The molecule has 0 saturated carbocycles.